The summed E-state index contributed by atoms with van der Waals surface area (Å²) < 4.78 is 93.7. The summed E-state index contributed by atoms with van der Waals surface area (Å²) in [4.78, 5) is 19.7. The first kappa shape index (κ1) is 119. The predicted octanol–water partition coefficient (Wildman–Crippen LogP) is 0.301. The smallest absolute Gasteiger partial charge is 1.00 e. The molecule has 0 radical (unpaired) electrons. The molecule has 0 saturated carbocycles. The van der Waals surface area contributed by atoms with E-state index >= 15 is 0 Å². The van der Waals surface area contributed by atoms with Gasteiger partial charge in [-0.25, -0.2) is 53.6 Å². The molecule has 512 valence electrons. The number of carboxylic acid groups (broad SMARTS) is 1. The Labute approximate surface area is 877 Å². The molecular formula is C49H97Ba6Cl3I4N2O19P3S3-. The molecular weight excluding hydrogens is 2550 g/mol. The molecule has 21 nitrogen and oxygen atoms in total. The Morgan fingerprint density at radius 1 is 0.607 bits per heavy atom. The number of rotatable bonds is 27. The Hall–Kier alpha value is 13.8. The second-order valence-electron chi connectivity index (χ2n) is 21.4. The van der Waals surface area contributed by atoms with Crippen LogP contribution < -0.4 is 71.9 Å². The van der Waals surface area contributed by atoms with Gasteiger partial charge < -0.3 is 147 Å². The van der Waals surface area contributed by atoms with Gasteiger partial charge in [0.05, 0.1) is 130 Å². The minimum Gasteiger partial charge on any atom is -1.00 e. The zero-order valence-electron chi connectivity index (χ0n) is 59.4. The Balaban J connectivity index is -0.0000000747. The van der Waals surface area contributed by atoms with E-state index in [0.717, 1.165) is 59.1 Å². The van der Waals surface area contributed by atoms with Crippen molar-refractivity contribution < 1.29 is 179 Å². The van der Waals surface area contributed by atoms with Crippen LogP contribution in [0.15, 0.2) is 0 Å². The third kappa shape index (κ3) is 55.0. The Morgan fingerprint density at radius 3 is 1.21 bits per heavy atom. The van der Waals surface area contributed by atoms with Crippen LogP contribution in [-0.2, 0) is 81.3 Å². The first-order valence-corrected chi connectivity index (χ1v) is 38.2. The third-order valence-corrected chi connectivity index (χ3v) is 22.9. The number of nitrogens with zero attached hydrogens (tertiary/aromatic N) is 2. The average Bonchev–Trinajstić information content (AvgIpc) is 4.26. The summed E-state index contributed by atoms with van der Waals surface area (Å²) in [5.41, 5.74) is 0. The molecule has 7 unspecified atom stereocenters. The number of aliphatic hydroxyl groups is 2. The molecule has 0 amide bonds. The fourth-order valence-electron chi connectivity index (χ4n) is 7.14. The minimum absolute atomic E-state index is 0. The van der Waals surface area contributed by atoms with Crippen molar-refractivity contribution in [1.29, 1.82) is 0 Å². The van der Waals surface area contributed by atoms with Gasteiger partial charge in [-0.05, 0) is 70.1 Å². The van der Waals surface area contributed by atoms with Crippen molar-refractivity contribution in [1.82, 2.24) is 0 Å². The molecule has 0 aliphatic carbocycles. The summed E-state index contributed by atoms with van der Waals surface area (Å²) in [5, 5.41) is 27.0. The van der Waals surface area contributed by atoms with Gasteiger partial charge in [-0.15, -0.1) is 25.7 Å². The Bertz CT molecular complexity index is 1870. The van der Waals surface area contributed by atoms with E-state index < -0.39 is 54.5 Å². The molecule has 6 aliphatic heterocycles. The van der Waals surface area contributed by atoms with Crippen LogP contribution in [-0.4, -0.2) is 491 Å². The van der Waals surface area contributed by atoms with Gasteiger partial charge in [-0.2, -0.15) is 12.8 Å². The van der Waals surface area contributed by atoms with Crippen LogP contribution in [0, 0.1) is 51.5 Å². The molecule has 6 rings (SSSR count). The number of hydrogen-bond donors (Lipinski definition) is 4. The summed E-state index contributed by atoms with van der Waals surface area (Å²) in [7, 11) is 12.5. The molecule has 40 heteroatoms. The quantitative estimate of drug-likeness (QED) is 0.0216. The molecule has 6 aliphatic rings. The molecule has 6 heterocycles. The van der Waals surface area contributed by atoms with Crippen LogP contribution in [0.25, 0.3) is 0 Å². The minimum atomic E-state index is -3.49. The van der Waals surface area contributed by atoms with E-state index in [1.807, 2.05) is 41.6 Å². The number of ether oxygens (including phenoxy) is 6. The van der Waals surface area contributed by atoms with Crippen LogP contribution in [0.3, 0.4) is 0 Å². The summed E-state index contributed by atoms with van der Waals surface area (Å²) in [5.74, 6) is 0.583. The van der Waals surface area contributed by atoms with Gasteiger partial charge in [0.2, 0.25) is 0 Å². The van der Waals surface area contributed by atoms with E-state index in [1.54, 1.807) is 26.4 Å². The zero-order chi connectivity index (χ0) is 60.4. The van der Waals surface area contributed by atoms with Crippen molar-refractivity contribution >= 4 is 412 Å². The molecule has 0 aromatic heterocycles. The topological polar surface area (TPSA) is 243 Å². The molecule has 6 saturated heterocycles. The summed E-state index contributed by atoms with van der Waals surface area (Å²) >= 11 is 24.2. The Morgan fingerprint density at radius 2 is 0.910 bits per heavy atom. The van der Waals surface area contributed by atoms with Gasteiger partial charge in [0.25, 0.3) is 3.79 Å². The molecule has 4 N–H and O–H groups in total. The predicted molar refractivity (Wildman–Crippen MR) is 368 cm³/mol. The van der Waals surface area contributed by atoms with Crippen LogP contribution in [0.5, 0.6) is 0 Å². The van der Waals surface area contributed by atoms with E-state index in [2.05, 4.69) is 64.5 Å². The standard InChI is InChI=1S/C17H33NO5PS.C15H29NO7PS.C12H21O5PS.C3H7I.C2HCl3O2.6Ba.3HI.6H/c1-6-15-16(8-11-20-15)23-24(19,25-12-9-18(3,4)5)22-13-17-14(2)7-10-21-17;1-16(2,3)6-9-25-24(19,22-11-15-12(18)4-7-21-15)23-13-5-8-20-14(13)10-17;1-3-10-11(5-7-14-10)17-18(13,19)16-8-12-9(2)4-6-15-12;1-2-3-4;3-2(4,5)1(6)7;;;;;;;;;;;;;;;/h10-11,14-17H,6-9,12-13H2,1-5H3;7-8,12-15,17-18H,4-6,9-11H2,1-3H3;6-7,9-12H,3-5,8H2,1-2H3,(H,13,19);2-3H2,1H3;(H,6,7);;;;;;;3*1H;;;;;;/q2*-1;-2;;;6*+2;;;;6*-1/p-3/t14?,15-,16?,17-,24+;12?,13?,14-,15-,24+;9?,10-,11?,12-,18?;;;;;;;;;;;;;;;;;/m111................./s1. The molecule has 0 spiro atoms. The van der Waals surface area contributed by atoms with Crippen molar-refractivity contribution in [3.8, 4) is 0 Å². The van der Waals surface area contributed by atoms with Gasteiger partial charge >= 0.3 is 320 Å². The Kier molecular flexibility index (Phi) is 85.7. The van der Waals surface area contributed by atoms with Crippen molar-refractivity contribution in [3.05, 3.63) is 39.6 Å². The second-order valence-corrected chi connectivity index (χ2v) is 35.8. The van der Waals surface area contributed by atoms with E-state index in [4.69, 9.17) is 107 Å². The van der Waals surface area contributed by atoms with Crippen molar-refractivity contribution in [2.45, 2.75) is 157 Å². The largest absolute Gasteiger partial charge is 2.00 e. The molecule has 0 aromatic rings. The number of alkyl halides is 4. The van der Waals surface area contributed by atoms with Gasteiger partial charge in [-0.3, -0.25) is 18.1 Å². The normalized spacial score (nSPS) is 27.9. The third-order valence-electron chi connectivity index (χ3n) is 12.3. The maximum atomic E-state index is 13.4. The van der Waals surface area contributed by atoms with Crippen LogP contribution in [0.2, 0.25) is 0 Å². The number of halogens is 7. The van der Waals surface area contributed by atoms with E-state index in [1.165, 1.54) is 28.8 Å². The fourth-order valence-corrected chi connectivity index (χ4v) is 16.2. The number of carboxylic acids is 1. The molecule has 6 fully saturated rings. The number of aliphatic hydroxyl groups excluding tert-OH is 2. The maximum absolute atomic E-state index is 13.4. The average molecular weight is 2650 g/mol. The first-order valence-electron chi connectivity index (χ1n) is 26.7. The number of quaternary nitrogens is 2. The van der Waals surface area contributed by atoms with Crippen LogP contribution in [0.1, 0.15) is 101 Å². The summed E-state index contributed by atoms with van der Waals surface area (Å²) in [6.45, 7) is 12.5. The number of aliphatic carboxylic acids is 1. The number of carbonyl (C=O) groups is 1. The van der Waals surface area contributed by atoms with Crippen LogP contribution >= 0.6 is 100 Å². The SMILES string of the molecule is CCCI.CC[C@H]1O[CH-]CC1OP(O)(=S)OC[C@H]1O[CH-]CC1C.CC[C@H]1O[CH-]CC1O[P@](=O)(OC[C@H]1O[CH-]CC1C)SCC[N+](C)(C)C.C[N+](C)(C)CCS[P@@](=O)(OC[C@H]1O[CH-]CC1O)OC1C[CH-]O[C@@H]1CO.O=C(O)C(Cl)(Cl)Cl.[Ba+2].[Ba+2].[Ba+2].[Ba+2].[Ba+2].[Ba+2].[H-].[H-].[H-].[H-].[H-].[H-].[I-].[I-].[I-]. The maximum Gasteiger partial charge on any atom is 2.00 e. The summed E-state index contributed by atoms with van der Waals surface area (Å²) in [6.07, 6.45) is 3.97. The summed E-state index contributed by atoms with van der Waals surface area (Å²) in [6, 6.07) is 0. The number of hydrogen-bond acceptors (Lipinski definition) is 20. The first-order chi connectivity index (χ1) is 37.3. The second kappa shape index (κ2) is 64.3. The van der Waals surface area contributed by atoms with Crippen molar-refractivity contribution in [2.24, 2.45) is 11.8 Å². The van der Waals surface area contributed by atoms with Gasteiger partial charge in [-0.1, -0.05) is 92.0 Å². The van der Waals surface area contributed by atoms with Crippen LogP contribution in [0.4, 0.5) is 0 Å². The van der Waals surface area contributed by atoms with Gasteiger partial charge in [0.15, 0.2) is 0 Å². The van der Waals surface area contributed by atoms with E-state index in [0.29, 0.717) is 55.6 Å². The molecule has 0 aromatic carbocycles. The van der Waals surface area contributed by atoms with E-state index in [-0.39, 0.29) is 430 Å². The molecule has 15 atom stereocenters. The van der Waals surface area contributed by atoms with Crippen molar-refractivity contribution in [2.75, 3.05) is 97.7 Å². The zero-order valence-corrected chi connectivity index (χ0v) is 96.1. The van der Waals surface area contributed by atoms with E-state index in [9.17, 15) is 29.0 Å². The van der Waals surface area contributed by atoms with Gasteiger partial charge in [0, 0.05) is 24.4 Å². The van der Waals surface area contributed by atoms with Gasteiger partial charge in [0.1, 0.15) is 0 Å². The molecule has 89 heavy (non-hydrogen) atoms. The monoisotopic (exact) mass is 2650 g/mol. The van der Waals surface area contributed by atoms with Crippen molar-refractivity contribution in [3.63, 3.8) is 0 Å². The fraction of sp³-hybridized carbons (Fsp3) is 0.857. The molecule has 0 bridgehead atoms.